The van der Waals surface area contributed by atoms with Gasteiger partial charge in [0.25, 0.3) is 11.8 Å². The van der Waals surface area contributed by atoms with Crippen molar-refractivity contribution in [3.05, 3.63) is 54.2 Å². The first-order chi connectivity index (χ1) is 12.1. The van der Waals surface area contributed by atoms with Gasteiger partial charge in [-0.15, -0.1) is 0 Å². The number of benzene rings is 2. The van der Waals surface area contributed by atoms with Crippen molar-refractivity contribution in [3.8, 4) is 5.75 Å². The summed E-state index contributed by atoms with van der Waals surface area (Å²) in [5, 5.41) is 10.3. The Labute approximate surface area is 143 Å². The number of para-hydroxylation sites is 3. The molecule has 2 aromatic carbocycles. The standard InChI is InChI=1S/C18H16N4O3/c1-22-14-8-4-5-9-15(14)25-10-13(18(22)24)19-17(23)16-11-6-2-3-7-12(11)20-21-16/h2-9,13H,10H2,1H3,(H,19,23)(H,20,21)/t13-/m0/s1. The molecule has 0 aliphatic carbocycles. The fraction of sp³-hybridized carbons (Fsp3) is 0.167. The fourth-order valence-electron chi connectivity index (χ4n) is 2.92. The van der Waals surface area contributed by atoms with E-state index in [2.05, 4.69) is 15.5 Å². The number of amides is 2. The lowest BCUT2D eigenvalue weighted by molar-refractivity contribution is -0.120. The summed E-state index contributed by atoms with van der Waals surface area (Å²) in [7, 11) is 1.67. The molecule has 25 heavy (non-hydrogen) atoms. The second kappa shape index (κ2) is 5.94. The highest BCUT2D eigenvalue weighted by Gasteiger charge is 2.31. The SMILES string of the molecule is CN1C(=O)[C@@H](NC(=O)c2n[nH]c3ccccc23)COc2ccccc21. The number of fused-ring (bicyclic) bond motifs is 2. The van der Waals surface area contributed by atoms with Gasteiger partial charge in [0.15, 0.2) is 5.69 Å². The van der Waals surface area contributed by atoms with Crippen LogP contribution < -0.4 is 15.0 Å². The third-order valence-electron chi connectivity index (χ3n) is 4.25. The van der Waals surface area contributed by atoms with E-state index in [0.29, 0.717) is 16.8 Å². The van der Waals surface area contributed by atoms with Crippen molar-refractivity contribution in [2.24, 2.45) is 0 Å². The first-order valence-corrected chi connectivity index (χ1v) is 7.88. The highest BCUT2D eigenvalue weighted by molar-refractivity contribution is 6.07. The number of nitrogens with zero attached hydrogens (tertiary/aromatic N) is 2. The van der Waals surface area contributed by atoms with Crippen LogP contribution in [0, 0.1) is 0 Å². The second-order valence-corrected chi connectivity index (χ2v) is 5.82. The Morgan fingerprint density at radius 1 is 1.24 bits per heavy atom. The summed E-state index contributed by atoms with van der Waals surface area (Å²) in [4.78, 5) is 26.8. The van der Waals surface area contributed by atoms with Crippen LogP contribution >= 0.6 is 0 Å². The van der Waals surface area contributed by atoms with E-state index in [0.717, 1.165) is 5.52 Å². The van der Waals surface area contributed by atoms with Crippen molar-refractivity contribution in [3.63, 3.8) is 0 Å². The maximum absolute atomic E-state index is 12.7. The molecule has 0 spiro atoms. The molecule has 0 radical (unpaired) electrons. The topological polar surface area (TPSA) is 87.3 Å². The van der Waals surface area contributed by atoms with Gasteiger partial charge in [0, 0.05) is 12.4 Å². The first kappa shape index (κ1) is 15.2. The normalized spacial score (nSPS) is 16.9. The summed E-state index contributed by atoms with van der Waals surface area (Å²) in [5.41, 5.74) is 1.70. The predicted octanol–water partition coefficient (Wildman–Crippen LogP) is 1.72. The van der Waals surface area contributed by atoms with Gasteiger partial charge in [-0.25, -0.2) is 0 Å². The molecule has 0 fully saturated rings. The second-order valence-electron chi connectivity index (χ2n) is 5.82. The smallest absolute Gasteiger partial charge is 0.273 e. The summed E-state index contributed by atoms with van der Waals surface area (Å²) >= 11 is 0. The number of rotatable bonds is 2. The minimum atomic E-state index is -0.791. The number of H-pyrrole nitrogens is 1. The molecule has 0 bridgehead atoms. The number of carbonyl (C=O) groups is 2. The summed E-state index contributed by atoms with van der Waals surface area (Å²) in [6.45, 7) is 0.0638. The molecule has 2 heterocycles. The van der Waals surface area contributed by atoms with Crippen LogP contribution in [0.3, 0.4) is 0 Å². The summed E-state index contributed by atoms with van der Waals surface area (Å²) < 4.78 is 5.70. The van der Waals surface area contributed by atoms with Crippen LogP contribution in [0.2, 0.25) is 0 Å². The van der Waals surface area contributed by atoms with E-state index in [4.69, 9.17) is 4.74 Å². The molecular weight excluding hydrogens is 320 g/mol. The quantitative estimate of drug-likeness (QED) is 0.746. The minimum absolute atomic E-state index is 0.0638. The highest BCUT2D eigenvalue weighted by Crippen LogP contribution is 2.29. The van der Waals surface area contributed by atoms with Crippen LogP contribution in [-0.4, -0.2) is 41.7 Å². The van der Waals surface area contributed by atoms with E-state index in [-0.39, 0.29) is 18.2 Å². The number of hydrogen-bond donors (Lipinski definition) is 2. The number of nitrogens with one attached hydrogen (secondary N) is 2. The van der Waals surface area contributed by atoms with Crippen LogP contribution in [0.1, 0.15) is 10.5 Å². The zero-order valence-electron chi connectivity index (χ0n) is 13.5. The fourth-order valence-corrected chi connectivity index (χ4v) is 2.92. The van der Waals surface area contributed by atoms with Crippen LogP contribution in [0.15, 0.2) is 48.5 Å². The Hall–Kier alpha value is -3.35. The van der Waals surface area contributed by atoms with Gasteiger partial charge in [-0.05, 0) is 18.2 Å². The molecule has 1 aliphatic heterocycles. The largest absolute Gasteiger partial charge is 0.489 e. The number of carbonyl (C=O) groups excluding carboxylic acids is 2. The molecule has 4 rings (SSSR count). The number of anilines is 1. The first-order valence-electron chi connectivity index (χ1n) is 7.88. The zero-order chi connectivity index (χ0) is 17.4. The van der Waals surface area contributed by atoms with Crippen LogP contribution in [-0.2, 0) is 4.79 Å². The van der Waals surface area contributed by atoms with Crippen molar-refractivity contribution < 1.29 is 14.3 Å². The molecule has 1 atom stereocenters. The third kappa shape index (κ3) is 2.59. The molecule has 3 aromatic rings. The van der Waals surface area contributed by atoms with Gasteiger partial charge in [-0.2, -0.15) is 5.10 Å². The molecule has 2 N–H and O–H groups in total. The average Bonchev–Trinajstić information content (AvgIpc) is 3.03. The van der Waals surface area contributed by atoms with Gasteiger partial charge in [0.1, 0.15) is 18.4 Å². The van der Waals surface area contributed by atoms with E-state index in [1.54, 1.807) is 25.2 Å². The van der Waals surface area contributed by atoms with Gasteiger partial charge in [0.05, 0.1) is 11.2 Å². The summed E-state index contributed by atoms with van der Waals surface area (Å²) in [6, 6.07) is 13.8. The molecule has 0 unspecified atom stereocenters. The van der Waals surface area contributed by atoms with Crippen LogP contribution in [0.25, 0.3) is 10.9 Å². The van der Waals surface area contributed by atoms with Crippen molar-refractivity contribution in [2.45, 2.75) is 6.04 Å². The van der Waals surface area contributed by atoms with Crippen LogP contribution in [0.4, 0.5) is 5.69 Å². The maximum atomic E-state index is 12.7. The van der Waals surface area contributed by atoms with Gasteiger partial charge >= 0.3 is 0 Å². The lowest BCUT2D eigenvalue weighted by Crippen LogP contribution is -2.49. The van der Waals surface area contributed by atoms with Gasteiger partial charge in [-0.3, -0.25) is 14.7 Å². The predicted molar refractivity (Wildman–Crippen MR) is 92.7 cm³/mol. The minimum Gasteiger partial charge on any atom is -0.489 e. The number of aromatic nitrogens is 2. The Morgan fingerprint density at radius 3 is 2.88 bits per heavy atom. The Balaban J connectivity index is 1.59. The number of ether oxygens (including phenoxy) is 1. The Kier molecular flexibility index (Phi) is 3.61. The average molecular weight is 336 g/mol. The van der Waals surface area contributed by atoms with E-state index in [9.17, 15) is 9.59 Å². The number of aromatic amines is 1. The summed E-state index contributed by atoms with van der Waals surface area (Å²) in [6.07, 6.45) is 0. The molecular formula is C18H16N4O3. The molecule has 1 aromatic heterocycles. The molecule has 7 heteroatoms. The van der Waals surface area contributed by atoms with Gasteiger partial charge < -0.3 is 15.0 Å². The monoisotopic (exact) mass is 336 g/mol. The van der Waals surface area contributed by atoms with Gasteiger partial charge in [0.2, 0.25) is 0 Å². The third-order valence-corrected chi connectivity index (χ3v) is 4.25. The van der Waals surface area contributed by atoms with Crippen molar-refractivity contribution in [1.29, 1.82) is 0 Å². The molecule has 0 saturated heterocycles. The maximum Gasteiger partial charge on any atom is 0.273 e. The number of likely N-dealkylation sites (N-methyl/N-ethyl adjacent to an activating group) is 1. The molecule has 7 nitrogen and oxygen atoms in total. The van der Waals surface area contributed by atoms with E-state index in [1.165, 1.54) is 4.90 Å². The van der Waals surface area contributed by atoms with Crippen molar-refractivity contribution >= 4 is 28.4 Å². The summed E-state index contributed by atoms with van der Waals surface area (Å²) in [5.74, 6) is -0.0442. The lowest BCUT2D eigenvalue weighted by atomic mass is 10.2. The van der Waals surface area contributed by atoms with Crippen molar-refractivity contribution in [1.82, 2.24) is 15.5 Å². The highest BCUT2D eigenvalue weighted by atomic mass is 16.5. The molecule has 1 aliphatic rings. The number of hydrogen-bond acceptors (Lipinski definition) is 4. The molecule has 0 saturated carbocycles. The zero-order valence-corrected chi connectivity index (χ0v) is 13.5. The molecule has 126 valence electrons. The molecule has 2 amide bonds. The van der Waals surface area contributed by atoms with Crippen molar-refractivity contribution in [2.75, 3.05) is 18.6 Å². The Bertz CT molecular complexity index is 966. The van der Waals surface area contributed by atoms with E-state index >= 15 is 0 Å². The van der Waals surface area contributed by atoms with Crippen LogP contribution in [0.5, 0.6) is 5.75 Å². The van der Waals surface area contributed by atoms with E-state index < -0.39 is 11.9 Å². The van der Waals surface area contributed by atoms with E-state index in [1.807, 2.05) is 30.3 Å². The van der Waals surface area contributed by atoms with Gasteiger partial charge in [-0.1, -0.05) is 30.3 Å². The Morgan fingerprint density at radius 2 is 2.00 bits per heavy atom. The lowest BCUT2D eigenvalue weighted by Gasteiger charge is -2.20.